The van der Waals surface area contributed by atoms with Crippen LogP contribution in [0.15, 0.2) is 40.4 Å². The summed E-state index contributed by atoms with van der Waals surface area (Å²) in [5.74, 6) is -2.49. The van der Waals surface area contributed by atoms with Crippen molar-refractivity contribution in [2.24, 2.45) is 11.3 Å². The Morgan fingerprint density at radius 2 is 1.59 bits per heavy atom. The van der Waals surface area contributed by atoms with Crippen LogP contribution in [0.4, 0.5) is 0 Å². The number of amides is 3. The first kappa shape index (κ1) is 40.8. The number of ether oxygens (including phenoxy) is 2. The maximum atomic E-state index is 14.1. The van der Waals surface area contributed by atoms with Crippen molar-refractivity contribution in [1.82, 2.24) is 20.9 Å². The van der Waals surface area contributed by atoms with Gasteiger partial charge in [0.05, 0.1) is 26.3 Å². The van der Waals surface area contributed by atoms with Gasteiger partial charge in [-0.25, -0.2) is 4.79 Å². The van der Waals surface area contributed by atoms with E-state index in [1.165, 1.54) is 14.2 Å². The molecular formula is C34H53BrN4O7. The van der Waals surface area contributed by atoms with Crippen LogP contribution in [0, 0.1) is 11.3 Å². The zero-order valence-electron chi connectivity index (χ0n) is 29.4. The molecule has 11 nitrogen and oxygen atoms in total. The van der Waals surface area contributed by atoms with Crippen molar-refractivity contribution >= 4 is 45.6 Å². The summed E-state index contributed by atoms with van der Waals surface area (Å²) < 4.78 is 10.3. The standard InChI is InChI=1S/C34H53BrN4O7/c1-20(2)25(18-21(3)29(41)37-24(32(44)46-12)16-17-26(40)45-11)39(10)31(43)28(33(4,5)6)38-30(42)27(36-9)34(7,8)22-14-13-15-23(35)19-22/h13-15,18-20,24-25,27-28,36H,16-17H2,1-12H3,(H,37,41)(H,38,42)/b21-18+/t24-,25-,27+,28?/m1/s1. The second-order valence-electron chi connectivity index (χ2n) is 13.5. The molecule has 0 bridgehead atoms. The van der Waals surface area contributed by atoms with Gasteiger partial charge in [0, 0.05) is 28.9 Å². The van der Waals surface area contributed by atoms with Gasteiger partial charge in [-0.1, -0.05) is 82.6 Å². The number of methoxy groups -OCH3 is 2. The first-order valence-electron chi connectivity index (χ1n) is 15.4. The van der Waals surface area contributed by atoms with E-state index in [2.05, 4.69) is 36.6 Å². The van der Waals surface area contributed by atoms with Crippen molar-refractivity contribution in [2.45, 2.75) is 97.8 Å². The molecule has 1 rings (SSSR count). The Balaban J connectivity index is 3.30. The van der Waals surface area contributed by atoms with Crippen molar-refractivity contribution in [3.63, 3.8) is 0 Å². The summed E-state index contributed by atoms with van der Waals surface area (Å²) in [5.41, 5.74) is -0.0464. The number of carbonyl (C=O) groups is 5. The molecule has 3 N–H and O–H groups in total. The van der Waals surface area contributed by atoms with E-state index in [1.54, 1.807) is 32.0 Å². The second kappa shape index (κ2) is 17.6. The van der Waals surface area contributed by atoms with Crippen LogP contribution in [0.5, 0.6) is 0 Å². The van der Waals surface area contributed by atoms with Crippen LogP contribution >= 0.6 is 15.9 Å². The molecule has 0 saturated heterocycles. The van der Waals surface area contributed by atoms with E-state index in [0.29, 0.717) is 0 Å². The van der Waals surface area contributed by atoms with Crippen LogP contribution in [-0.2, 0) is 38.9 Å². The van der Waals surface area contributed by atoms with E-state index in [4.69, 9.17) is 4.74 Å². The second-order valence-corrected chi connectivity index (χ2v) is 14.4. The quantitative estimate of drug-likeness (QED) is 0.184. The van der Waals surface area contributed by atoms with E-state index < -0.39 is 52.8 Å². The maximum absolute atomic E-state index is 14.1. The zero-order valence-corrected chi connectivity index (χ0v) is 31.0. The van der Waals surface area contributed by atoms with Crippen molar-refractivity contribution in [1.29, 1.82) is 0 Å². The summed E-state index contributed by atoms with van der Waals surface area (Å²) >= 11 is 3.51. The van der Waals surface area contributed by atoms with Crippen molar-refractivity contribution in [3.05, 3.63) is 46.0 Å². The lowest BCUT2D eigenvalue weighted by molar-refractivity contribution is -0.146. The highest BCUT2D eigenvalue weighted by Crippen LogP contribution is 2.30. The number of likely N-dealkylation sites (N-methyl/N-ethyl adjacent to an activating group) is 2. The van der Waals surface area contributed by atoms with Gasteiger partial charge >= 0.3 is 11.9 Å². The summed E-state index contributed by atoms with van der Waals surface area (Å²) in [7, 11) is 5.80. The molecule has 0 aliphatic heterocycles. The molecule has 1 aromatic rings. The van der Waals surface area contributed by atoms with E-state index in [-0.39, 0.29) is 36.1 Å². The summed E-state index contributed by atoms with van der Waals surface area (Å²) in [6.07, 6.45) is 1.59. The molecule has 3 amide bonds. The Morgan fingerprint density at radius 1 is 0.978 bits per heavy atom. The van der Waals surface area contributed by atoms with Gasteiger partial charge in [-0.3, -0.25) is 19.2 Å². The predicted octanol–water partition coefficient (Wildman–Crippen LogP) is 3.89. The number of benzene rings is 1. The fraction of sp³-hybridized carbons (Fsp3) is 0.618. The van der Waals surface area contributed by atoms with Gasteiger partial charge in [-0.2, -0.15) is 0 Å². The Labute approximate surface area is 282 Å². The average Bonchev–Trinajstić information content (AvgIpc) is 2.98. The van der Waals surface area contributed by atoms with Crippen LogP contribution in [0.1, 0.15) is 73.8 Å². The molecule has 0 radical (unpaired) electrons. The monoisotopic (exact) mass is 708 g/mol. The minimum Gasteiger partial charge on any atom is -0.469 e. The highest BCUT2D eigenvalue weighted by molar-refractivity contribution is 9.10. The molecule has 0 aliphatic rings. The SMILES string of the molecule is CN[C@@H](C(=O)NC(C(=O)N(C)[C@H](/C=C(\C)C(=O)N[C@H](CCC(=O)OC)C(=O)OC)C(C)C)C(C)(C)C)C(C)(C)c1cccc(Br)c1. The highest BCUT2D eigenvalue weighted by Gasteiger charge is 2.41. The number of carbonyl (C=O) groups excluding carboxylic acids is 5. The zero-order chi connectivity index (χ0) is 35.6. The number of hydrogen-bond donors (Lipinski definition) is 3. The van der Waals surface area contributed by atoms with Crippen LogP contribution < -0.4 is 16.0 Å². The molecule has 1 aromatic carbocycles. The van der Waals surface area contributed by atoms with Crippen molar-refractivity contribution in [2.75, 3.05) is 28.3 Å². The Bertz CT molecular complexity index is 1270. The van der Waals surface area contributed by atoms with Crippen molar-refractivity contribution < 1.29 is 33.4 Å². The third-order valence-electron chi connectivity index (χ3n) is 8.15. The molecule has 12 heteroatoms. The van der Waals surface area contributed by atoms with Gasteiger partial charge in [0.2, 0.25) is 17.7 Å². The largest absolute Gasteiger partial charge is 0.469 e. The minimum absolute atomic E-state index is 0.00326. The first-order valence-corrected chi connectivity index (χ1v) is 16.2. The third-order valence-corrected chi connectivity index (χ3v) is 8.65. The lowest BCUT2D eigenvalue weighted by atomic mass is 9.76. The predicted molar refractivity (Wildman–Crippen MR) is 182 cm³/mol. The summed E-state index contributed by atoms with van der Waals surface area (Å²) in [4.78, 5) is 66.6. The van der Waals surface area contributed by atoms with Gasteiger partial charge in [-0.05, 0) is 49.4 Å². The minimum atomic E-state index is -1.06. The van der Waals surface area contributed by atoms with Gasteiger partial charge in [0.15, 0.2) is 0 Å². The summed E-state index contributed by atoms with van der Waals surface area (Å²) in [6, 6.07) is 4.66. The maximum Gasteiger partial charge on any atom is 0.328 e. The highest BCUT2D eigenvalue weighted by atomic mass is 79.9. The Morgan fingerprint density at radius 3 is 2.07 bits per heavy atom. The molecule has 258 valence electrons. The number of rotatable bonds is 15. The fourth-order valence-corrected chi connectivity index (χ4v) is 5.61. The summed E-state index contributed by atoms with van der Waals surface area (Å²) in [6.45, 7) is 15.0. The van der Waals surface area contributed by atoms with Gasteiger partial charge in [-0.15, -0.1) is 0 Å². The van der Waals surface area contributed by atoms with E-state index in [1.807, 2.05) is 72.7 Å². The smallest absolute Gasteiger partial charge is 0.328 e. The van der Waals surface area contributed by atoms with E-state index in [0.717, 1.165) is 10.0 Å². The number of esters is 2. The number of hydrogen-bond acceptors (Lipinski definition) is 8. The number of halogens is 1. The molecule has 4 atom stereocenters. The molecule has 0 heterocycles. The molecule has 0 aromatic heterocycles. The van der Waals surface area contributed by atoms with E-state index >= 15 is 0 Å². The molecule has 0 spiro atoms. The number of nitrogens with one attached hydrogen (secondary N) is 3. The molecule has 0 fully saturated rings. The topological polar surface area (TPSA) is 143 Å². The van der Waals surface area contributed by atoms with Crippen molar-refractivity contribution in [3.8, 4) is 0 Å². The Kier molecular flexibility index (Phi) is 15.6. The normalized spacial score (nSPS) is 14.9. The Hall–Kier alpha value is -3.25. The average molecular weight is 710 g/mol. The molecule has 0 saturated carbocycles. The lowest BCUT2D eigenvalue weighted by Gasteiger charge is -2.40. The summed E-state index contributed by atoms with van der Waals surface area (Å²) in [5, 5.41) is 8.80. The molecule has 46 heavy (non-hydrogen) atoms. The van der Waals surface area contributed by atoms with E-state index in [9.17, 15) is 24.0 Å². The number of nitrogens with zero attached hydrogens (tertiary/aromatic N) is 1. The lowest BCUT2D eigenvalue weighted by Crippen LogP contribution is -2.61. The van der Waals surface area contributed by atoms with Crippen LogP contribution in [0.2, 0.25) is 0 Å². The van der Waals surface area contributed by atoms with Gasteiger partial charge < -0.3 is 30.3 Å². The van der Waals surface area contributed by atoms with Crippen LogP contribution in [0.3, 0.4) is 0 Å². The van der Waals surface area contributed by atoms with Crippen LogP contribution in [-0.4, -0.2) is 87.0 Å². The van der Waals surface area contributed by atoms with Gasteiger partial charge in [0.25, 0.3) is 0 Å². The fourth-order valence-electron chi connectivity index (χ4n) is 5.21. The molecule has 0 aliphatic carbocycles. The molecule has 1 unspecified atom stereocenters. The van der Waals surface area contributed by atoms with Gasteiger partial charge in [0.1, 0.15) is 12.1 Å². The molecular weight excluding hydrogens is 656 g/mol. The third kappa shape index (κ3) is 11.2. The van der Waals surface area contributed by atoms with Crippen LogP contribution in [0.25, 0.3) is 0 Å². The first-order chi connectivity index (χ1) is 21.2.